The molecule has 0 aliphatic carbocycles. The molecule has 4 rings (SSSR count). The van der Waals surface area contributed by atoms with Gasteiger partial charge in [0, 0.05) is 30.9 Å². The summed E-state index contributed by atoms with van der Waals surface area (Å²) in [5.41, 5.74) is 0.926. The van der Waals surface area contributed by atoms with Crippen molar-refractivity contribution in [1.82, 2.24) is 14.8 Å². The van der Waals surface area contributed by atoms with Gasteiger partial charge in [0.2, 0.25) is 11.8 Å². The van der Waals surface area contributed by atoms with Crippen molar-refractivity contribution in [3.8, 4) is 6.07 Å². The van der Waals surface area contributed by atoms with Crippen molar-refractivity contribution in [2.45, 2.75) is 12.5 Å². The number of rotatable bonds is 5. The molecule has 2 atom stereocenters. The van der Waals surface area contributed by atoms with Crippen LogP contribution in [-0.2, 0) is 9.59 Å². The smallest absolute Gasteiger partial charge is 0.273 e. The van der Waals surface area contributed by atoms with Crippen molar-refractivity contribution in [3.05, 3.63) is 72.6 Å². The van der Waals surface area contributed by atoms with E-state index >= 15 is 0 Å². The Morgan fingerprint density at radius 3 is 2.61 bits per heavy atom. The Bertz CT molecular complexity index is 1230. The Labute approximate surface area is 191 Å². The van der Waals surface area contributed by atoms with Gasteiger partial charge in [0.15, 0.2) is 0 Å². The van der Waals surface area contributed by atoms with Gasteiger partial charge in [0.1, 0.15) is 11.7 Å². The number of fused-ring (bicyclic) bond motifs is 1. The van der Waals surface area contributed by atoms with E-state index in [0.29, 0.717) is 11.1 Å². The van der Waals surface area contributed by atoms with Crippen LogP contribution in [-0.4, -0.2) is 58.7 Å². The number of benzene rings is 2. The second kappa shape index (κ2) is 9.49. The lowest BCUT2D eigenvalue weighted by atomic mass is 10.1. The Morgan fingerprint density at radius 1 is 1.12 bits per heavy atom. The number of nitrogens with one attached hydrogen (secondary N) is 1. The highest BCUT2D eigenvalue weighted by Gasteiger charge is 2.39. The third kappa shape index (κ3) is 4.67. The van der Waals surface area contributed by atoms with E-state index in [2.05, 4.69) is 16.4 Å². The molecule has 2 unspecified atom stereocenters. The number of pyridine rings is 1. The fraction of sp³-hybridized carbons (Fsp3) is 0.240. The SMILES string of the molecule is CN(CC(=O)N1CC(C(=O)Nc2ccccc2)CC1C#N)C(=O)c1nccc2ccccc12. The van der Waals surface area contributed by atoms with E-state index in [1.165, 1.54) is 16.8 Å². The Morgan fingerprint density at radius 2 is 1.85 bits per heavy atom. The van der Waals surface area contributed by atoms with Crippen molar-refractivity contribution in [2.24, 2.45) is 5.92 Å². The van der Waals surface area contributed by atoms with E-state index in [1.54, 1.807) is 18.3 Å². The zero-order chi connectivity index (χ0) is 23.4. The highest BCUT2D eigenvalue weighted by Crippen LogP contribution is 2.25. The quantitative estimate of drug-likeness (QED) is 0.655. The summed E-state index contributed by atoms with van der Waals surface area (Å²) < 4.78 is 0. The second-order valence-electron chi connectivity index (χ2n) is 8.02. The van der Waals surface area contributed by atoms with Crippen LogP contribution in [0.1, 0.15) is 16.9 Å². The van der Waals surface area contributed by atoms with Crippen LogP contribution in [0.3, 0.4) is 0 Å². The summed E-state index contributed by atoms with van der Waals surface area (Å²) in [6.45, 7) is -0.0841. The molecule has 1 aliphatic heterocycles. The predicted molar refractivity (Wildman–Crippen MR) is 123 cm³/mol. The Hall–Kier alpha value is -4.25. The molecule has 0 radical (unpaired) electrons. The highest BCUT2D eigenvalue weighted by molar-refractivity contribution is 6.06. The minimum Gasteiger partial charge on any atom is -0.331 e. The van der Waals surface area contributed by atoms with E-state index in [-0.39, 0.29) is 42.9 Å². The van der Waals surface area contributed by atoms with Crippen LogP contribution < -0.4 is 5.32 Å². The number of amides is 3. The first kappa shape index (κ1) is 22.0. The Balaban J connectivity index is 1.43. The maximum absolute atomic E-state index is 13.0. The van der Waals surface area contributed by atoms with E-state index in [0.717, 1.165) is 5.39 Å². The lowest BCUT2D eigenvalue weighted by Gasteiger charge is -2.24. The zero-order valence-electron chi connectivity index (χ0n) is 18.1. The maximum atomic E-state index is 13.0. The predicted octanol–water partition coefficient (Wildman–Crippen LogP) is 2.69. The number of nitrogens with zero attached hydrogens (tertiary/aromatic N) is 4. The van der Waals surface area contributed by atoms with Gasteiger partial charge in [-0.3, -0.25) is 19.4 Å². The van der Waals surface area contributed by atoms with Gasteiger partial charge in [-0.05, 0) is 30.0 Å². The minimum atomic E-state index is -0.719. The molecular weight excluding hydrogens is 418 g/mol. The van der Waals surface area contributed by atoms with Gasteiger partial charge in [-0.25, -0.2) is 0 Å². The normalized spacial score (nSPS) is 17.4. The standard InChI is InChI=1S/C25H23N5O3/c1-29(25(33)23-21-10-6-5-7-17(21)11-12-27-23)16-22(31)30-15-18(13-20(30)14-26)24(32)28-19-8-3-2-4-9-19/h2-12,18,20H,13,15-16H2,1H3,(H,28,32). The highest BCUT2D eigenvalue weighted by atomic mass is 16.2. The first-order valence-corrected chi connectivity index (χ1v) is 10.6. The largest absolute Gasteiger partial charge is 0.331 e. The lowest BCUT2D eigenvalue weighted by Crippen LogP contribution is -2.43. The number of aromatic nitrogens is 1. The van der Waals surface area contributed by atoms with Gasteiger partial charge in [-0.2, -0.15) is 5.26 Å². The van der Waals surface area contributed by atoms with E-state index in [9.17, 15) is 19.6 Å². The fourth-order valence-electron chi connectivity index (χ4n) is 4.03. The number of likely N-dealkylation sites (N-methyl/N-ethyl adjacent to an activating group) is 1. The summed E-state index contributed by atoms with van der Waals surface area (Å²) in [5.74, 6) is -1.50. The number of para-hydroxylation sites is 1. The molecule has 1 saturated heterocycles. The van der Waals surface area contributed by atoms with Crippen LogP contribution >= 0.6 is 0 Å². The molecule has 8 nitrogen and oxygen atoms in total. The molecule has 1 aliphatic rings. The average Bonchev–Trinajstić information content (AvgIpc) is 3.29. The fourth-order valence-corrected chi connectivity index (χ4v) is 4.03. The molecule has 0 spiro atoms. The first-order chi connectivity index (χ1) is 16.0. The molecule has 1 aromatic heterocycles. The molecule has 3 aromatic rings. The first-order valence-electron chi connectivity index (χ1n) is 10.6. The number of nitriles is 1. The topological polar surface area (TPSA) is 106 Å². The van der Waals surface area contributed by atoms with Gasteiger partial charge in [-0.15, -0.1) is 0 Å². The molecule has 1 fully saturated rings. The van der Waals surface area contributed by atoms with Crippen LogP contribution in [0.5, 0.6) is 0 Å². The number of anilines is 1. The van der Waals surface area contributed by atoms with Crippen LogP contribution in [0.15, 0.2) is 66.9 Å². The van der Waals surface area contributed by atoms with Crippen molar-refractivity contribution in [2.75, 3.05) is 25.5 Å². The van der Waals surface area contributed by atoms with Crippen molar-refractivity contribution < 1.29 is 14.4 Å². The minimum absolute atomic E-state index is 0.129. The lowest BCUT2D eigenvalue weighted by molar-refractivity contribution is -0.131. The van der Waals surface area contributed by atoms with Crippen molar-refractivity contribution in [1.29, 1.82) is 5.26 Å². The van der Waals surface area contributed by atoms with E-state index in [1.807, 2.05) is 48.5 Å². The molecule has 33 heavy (non-hydrogen) atoms. The third-order valence-electron chi connectivity index (χ3n) is 5.78. The molecule has 2 aromatic carbocycles. The molecule has 0 bridgehead atoms. The molecule has 0 saturated carbocycles. The average molecular weight is 441 g/mol. The van der Waals surface area contributed by atoms with Crippen LogP contribution in [0, 0.1) is 17.2 Å². The van der Waals surface area contributed by atoms with Gasteiger partial charge in [0.05, 0.1) is 18.5 Å². The van der Waals surface area contributed by atoms with E-state index < -0.39 is 12.0 Å². The molecule has 166 valence electrons. The van der Waals surface area contributed by atoms with E-state index in [4.69, 9.17) is 0 Å². The second-order valence-corrected chi connectivity index (χ2v) is 8.02. The summed E-state index contributed by atoms with van der Waals surface area (Å²) in [6.07, 6.45) is 1.82. The molecule has 8 heteroatoms. The molecule has 1 N–H and O–H groups in total. The van der Waals surface area contributed by atoms with Gasteiger partial charge < -0.3 is 15.1 Å². The molecular formula is C25H23N5O3. The van der Waals surface area contributed by atoms with Crippen LogP contribution in [0.25, 0.3) is 10.8 Å². The van der Waals surface area contributed by atoms with Gasteiger partial charge in [0.25, 0.3) is 5.91 Å². The summed E-state index contributed by atoms with van der Waals surface area (Å²) in [5, 5.41) is 14.0. The van der Waals surface area contributed by atoms with Gasteiger partial charge >= 0.3 is 0 Å². The van der Waals surface area contributed by atoms with Crippen molar-refractivity contribution in [3.63, 3.8) is 0 Å². The maximum Gasteiger partial charge on any atom is 0.273 e. The number of likely N-dealkylation sites (tertiary alicyclic amines) is 1. The molecule has 2 heterocycles. The van der Waals surface area contributed by atoms with Crippen molar-refractivity contribution >= 4 is 34.2 Å². The summed E-state index contributed by atoms with van der Waals surface area (Å²) in [4.78, 5) is 45.5. The number of carbonyl (C=O) groups is 3. The summed E-state index contributed by atoms with van der Waals surface area (Å²) in [7, 11) is 1.53. The number of hydrogen-bond donors (Lipinski definition) is 1. The summed E-state index contributed by atoms with van der Waals surface area (Å²) in [6, 6.07) is 19.7. The number of hydrogen-bond acceptors (Lipinski definition) is 5. The Kier molecular flexibility index (Phi) is 6.31. The zero-order valence-corrected chi connectivity index (χ0v) is 18.1. The third-order valence-corrected chi connectivity index (χ3v) is 5.78. The van der Waals surface area contributed by atoms with Gasteiger partial charge in [-0.1, -0.05) is 42.5 Å². The monoisotopic (exact) mass is 441 g/mol. The molecule has 3 amide bonds. The number of carbonyl (C=O) groups excluding carboxylic acids is 3. The van der Waals surface area contributed by atoms with Crippen LogP contribution in [0.2, 0.25) is 0 Å². The van der Waals surface area contributed by atoms with Crippen LogP contribution in [0.4, 0.5) is 5.69 Å². The summed E-state index contributed by atoms with van der Waals surface area (Å²) >= 11 is 0.